The monoisotopic (exact) mass is 432 g/mol. The van der Waals surface area contributed by atoms with E-state index in [0.29, 0.717) is 49.9 Å². The first-order chi connectivity index (χ1) is 14.2. The first-order valence-electron chi connectivity index (χ1n) is 9.89. The molecule has 30 heavy (non-hydrogen) atoms. The predicted octanol–water partition coefficient (Wildman–Crippen LogP) is 2.48. The molecule has 1 atom stereocenters. The molecule has 2 aromatic carbocycles. The number of anilines is 1. The van der Waals surface area contributed by atoms with Crippen LogP contribution in [0.1, 0.15) is 12.0 Å². The zero-order valence-corrected chi connectivity index (χ0v) is 17.7. The van der Waals surface area contributed by atoms with Gasteiger partial charge < -0.3 is 9.64 Å². The summed E-state index contributed by atoms with van der Waals surface area (Å²) in [6, 6.07) is 12.9. The highest BCUT2D eigenvalue weighted by molar-refractivity contribution is 7.90. The number of sulfone groups is 1. The molecule has 2 aliphatic heterocycles. The minimum Gasteiger partial charge on any atom is -0.379 e. The van der Waals surface area contributed by atoms with Gasteiger partial charge in [0.05, 0.1) is 18.1 Å². The van der Waals surface area contributed by atoms with Crippen molar-refractivity contribution in [2.24, 2.45) is 5.41 Å². The van der Waals surface area contributed by atoms with Crippen LogP contribution < -0.4 is 4.90 Å². The largest absolute Gasteiger partial charge is 0.379 e. The fraction of sp³-hybridized carbons (Fsp3) is 0.409. The molecule has 6 nitrogen and oxygen atoms in total. The molecule has 160 valence electrons. The van der Waals surface area contributed by atoms with Crippen LogP contribution in [0.4, 0.5) is 10.1 Å². The van der Waals surface area contributed by atoms with E-state index in [4.69, 9.17) is 4.74 Å². The first-order valence-corrected chi connectivity index (χ1v) is 11.8. The van der Waals surface area contributed by atoms with Crippen LogP contribution in [0.2, 0.25) is 0 Å². The molecule has 2 fully saturated rings. The van der Waals surface area contributed by atoms with Gasteiger partial charge in [-0.05, 0) is 42.0 Å². The van der Waals surface area contributed by atoms with Crippen molar-refractivity contribution in [3.8, 4) is 0 Å². The van der Waals surface area contributed by atoms with E-state index < -0.39 is 9.84 Å². The van der Waals surface area contributed by atoms with Gasteiger partial charge in [0.1, 0.15) is 5.82 Å². The van der Waals surface area contributed by atoms with Gasteiger partial charge in [0, 0.05) is 50.0 Å². The van der Waals surface area contributed by atoms with Crippen molar-refractivity contribution in [3.63, 3.8) is 0 Å². The molecule has 8 heteroatoms. The average molecular weight is 433 g/mol. The lowest BCUT2D eigenvalue weighted by Crippen LogP contribution is -2.40. The van der Waals surface area contributed by atoms with Crippen LogP contribution in [0.15, 0.2) is 53.4 Å². The Kier molecular flexibility index (Phi) is 5.65. The highest BCUT2D eigenvalue weighted by Crippen LogP contribution is 2.37. The van der Waals surface area contributed by atoms with E-state index in [2.05, 4.69) is 4.90 Å². The number of carbonyl (C=O) groups excluding carboxylic acids is 1. The van der Waals surface area contributed by atoms with Gasteiger partial charge >= 0.3 is 0 Å². The van der Waals surface area contributed by atoms with Crippen LogP contribution in [0.5, 0.6) is 0 Å². The molecule has 4 rings (SSSR count). The van der Waals surface area contributed by atoms with Crippen molar-refractivity contribution < 1.29 is 22.3 Å². The quantitative estimate of drug-likeness (QED) is 0.743. The third kappa shape index (κ3) is 4.55. The van der Waals surface area contributed by atoms with Crippen LogP contribution in [-0.2, 0) is 25.9 Å². The van der Waals surface area contributed by atoms with Crippen molar-refractivity contribution in [2.45, 2.75) is 17.9 Å². The Balaban J connectivity index is 1.49. The number of ether oxygens (including phenoxy) is 1. The van der Waals surface area contributed by atoms with E-state index in [1.54, 1.807) is 29.2 Å². The second-order valence-corrected chi connectivity index (χ2v) is 10.3. The van der Waals surface area contributed by atoms with Gasteiger partial charge in [-0.25, -0.2) is 12.8 Å². The molecule has 0 radical (unpaired) electrons. The second-order valence-electron chi connectivity index (χ2n) is 8.31. The summed E-state index contributed by atoms with van der Waals surface area (Å²) in [7, 11) is -3.22. The molecule has 1 amide bonds. The SMILES string of the molecule is CS(=O)(=O)c1ccc(CN2CCOC[C@]3(CC(=O)N(c4ccc(F)cc4)C3)C2)cc1. The molecular weight excluding hydrogens is 407 g/mol. The topological polar surface area (TPSA) is 66.9 Å². The van der Waals surface area contributed by atoms with E-state index >= 15 is 0 Å². The number of nitrogens with zero attached hydrogens (tertiary/aromatic N) is 2. The smallest absolute Gasteiger partial charge is 0.227 e. The van der Waals surface area contributed by atoms with Crippen LogP contribution in [-0.4, -0.2) is 58.3 Å². The number of carbonyl (C=O) groups is 1. The van der Waals surface area contributed by atoms with Gasteiger partial charge in [0.15, 0.2) is 9.84 Å². The van der Waals surface area contributed by atoms with Crippen molar-refractivity contribution in [2.75, 3.05) is 44.0 Å². The Labute approximate surface area is 176 Å². The molecule has 0 saturated carbocycles. The normalized spacial score (nSPS) is 23.1. The summed E-state index contributed by atoms with van der Waals surface area (Å²) in [6.45, 7) is 3.69. The molecule has 0 unspecified atom stereocenters. The maximum Gasteiger partial charge on any atom is 0.227 e. The molecule has 2 heterocycles. The third-order valence-corrected chi connectivity index (χ3v) is 6.86. The lowest BCUT2D eigenvalue weighted by atomic mass is 9.87. The summed E-state index contributed by atoms with van der Waals surface area (Å²) < 4.78 is 42.4. The standard InChI is InChI=1S/C22H25FN2O4S/c1-30(27,28)20-8-2-17(3-9-20)13-24-10-11-29-16-22(14-24)12-21(26)25(15-22)19-6-4-18(23)5-7-19/h2-9H,10-16H2,1H3/t22-/m1/s1. The van der Waals surface area contributed by atoms with E-state index in [-0.39, 0.29) is 17.1 Å². The summed E-state index contributed by atoms with van der Waals surface area (Å²) in [6.07, 6.45) is 1.58. The zero-order chi connectivity index (χ0) is 21.4. The average Bonchev–Trinajstić information content (AvgIpc) is 2.88. The highest BCUT2D eigenvalue weighted by Gasteiger charge is 2.46. The lowest BCUT2D eigenvalue weighted by molar-refractivity contribution is -0.118. The second kappa shape index (κ2) is 8.09. The Morgan fingerprint density at radius 3 is 2.43 bits per heavy atom. The minimum absolute atomic E-state index is 0.0181. The first kappa shape index (κ1) is 21.0. The molecule has 0 aliphatic carbocycles. The zero-order valence-electron chi connectivity index (χ0n) is 16.9. The van der Waals surface area contributed by atoms with Crippen molar-refractivity contribution in [1.82, 2.24) is 4.90 Å². The summed E-state index contributed by atoms with van der Waals surface area (Å²) in [5.74, 6) is -0.310. The number of hydrogen-bond donors (Lipinski definition) is 0. The maximum atomic E-state index is 13.3. The fourth-order valence-corrected chi connectivity index (χ4v) is 4.90. The Morgan fingerprint density at radius 2 is 1.77 bits per heavy atom. The van der Waals surface area contributed by atoms with Gasteiger partial charge in [-0.3, -0.25) is 9.69 Å². The Hall–Kier alpha value is -2.29. The molecule has 1 spiro atoms. The van der Waals surface area contributed by atoms with Crippen LogP contribution in [0.3, 0.4) is 0 Å². The molecule has 0 bridgehead atoms. The number of hydrogen-bond acceptors (Lipinski definition) is 5. The summed E-state index contributed by atoms with van der Waals surface area (Å²) in [5, 5.41) is 0. The van der Waals surface area contributed by atoms with Crippen LogP contribution in [0, 0.1) is 11.2 Å². The minimum atomic E-state index is -3.22. The van der Waals surface area contributed by atoms with Crippen molar-refractivity contribution in [3.05, 3.63) is 59.9 Å². The number of benzene rings is 2. The van der Waals surface area contributed by atoms with Gasteiger partial charge in [-0.2, -0.15) is 0 Å². The molecule has 0 N–H and O–H groups in total. The van der Waals surface area contributed by atoms with Crippen molar-refractivity contribution >= 4 is 21.4 Å². The van der Waals surface area contributed by atoms with Gasteiger partial charge in [-0.1, -0.05) is 12.1 Å². The maximum absolute atomic E-state index is 13.3. The summed E-state index contributed by atoms with van der Waals surface area (Å²) >= 11 is 0. The molecular formula is C22H25FN2O4S. The van der Waals surface area contributed by atoms with E-state index in [0.717, 1.165) is 12.1 Å². The van der Waals surface area contributed by atoms with Crippen LogP contribution in [0.25, 0.3) is 0 Å². The summed E-state index contributed by atoms with van der Waals surface area (Å²) in [5.41, 5.74) is 1.39. The van der Waals surface area contributed by atoms with E-state index in [1.165, 1.54) is 18.4 Å². The van der Waals surface area contributed by atoms with Crippen molar-refractivity contribution in [1.29, 1.82) is 0 Å². The predicted molar refractivity (Wildman–Crippen MR) is 111 cm³/mol. The molecule has 2 saturated heterocycles. The van der Waals surface area contributed by atoms with E-state index in [9.17, 15) is 17.6 Å². The molecule has 0 aromatic heterocycles. The molecule has 2 aromatic rings. The number of rotatable bonds is 4. The van der Waals surface area contributed by atoms with Crippen LogP contribution >= 0.6 is 0 Å². The number of halogens is 1. The number of amides is 1. The van der Waals surface area contributed by atoms with E-state index in [1.807, 2.05) is 12.1 Å². The highest BCUT2D eigenvalue weighted by atomic mass is 32.2. The Morgan fingerprint density at radius 1 is 1.07 bits per heavy atom. The fourth-order valence-electron chi connectivity index (χ4n) is 4.27. The van der Waals surface area contributed by atoms with Gasteiger partial charge in [0.25, 0.3) is 0 Å². The Bertz CT molecular complexity index is 1020. The van der Waals surface area contributed by atoms with Gasteiger partial charge in [0.2, 0.25) is 5.91 Å². The lowest BCUT2D eigenvalue weighted by Gasteiger charge is -2.31. The third-order valence-electron chi connectivity index (χ3n) is 5.74. The summed E-state index contributed by atoms with van der Waals surface area (Å²) in [4.78, 5) is 17.0. The molecule has 2 aliphatic rings. The van der Waals surface area contributed by atoms with Gasteiger partial charge in [-0.15, -0.1) is 0 Å².